The van der Waals surface area contributed by atoms with Crippen LogP contribution in [0.1, 0.15) is 141 Å². The van der Waals surface area contributed by atoms with Crippen molar-refractivity contribution in [3.05, 3.63) is 84.0 Å². The number of aliphatic hydroxyl groups excluding tert-OH is 1. The third kappa shape index (κ3) is 4.98. The van der Waals surface area contributed by atoms with Crippen molar-refractivity contribution < 1.29 is 29.3 Å². The highest BCUT2D eigenvalue weighted by Gasteiger charge is 2.78. The highest BCUT2D eigenvalue weighted by atomic mass is 16.6. The van der Waals surface area contributed by atoms with E-state index in [1.54, 1.807) is 0 Å². The molecule has 0 aromatic heterocycles. The van der Waals surface area contributed by atoms with Crippen LogP contribution in [0.2, 0.25) is 0 Å². The van der Waals surface area contributed by atoms with Crippen LogP contribution < -0.4 is 0 Å². The van der Waals surface area contributed by atoms with Crippen molar-refractivity contribution in [2.45, 2.75) is 148 Å². The number of Topliss-reactive ketones (excluding diaryl/α,β-unsaturated/α-hetero) is 1. The van der Waals surface area contributed by atoms with E-state index >= 15 is 9.59 Å². The van der Waals surface area contributed by atoms with Crippen LogP contribution in [0, 0.1) is 67.5 Å². The summed E-state index contributed by atoms with van der Waals surface area (Å²) < 4.78 is 6.38. The summed E-state index contributed by atoms with van der Waals surface area (Å²) in [5.41, 5.74) is -2.22. The van der Waals surface area contributed by atoms with Gasteiger partial charge in [0.25, 0.3) is 5.91 Å². The van der Waals surface area contributed by atoms with E-state index < -0.39 is 44.4 Å². The summed E-state index contributed by atoms with van der Waals surface area (Å²) in [6.45, 7) is 11.7. The van der Waals surface area contributed by atoms with Crippen molar-refractivity contribution in [2.24, 2.45) is 67.5 Å². The van der Waals surface area contributed by atoms with Gasteiger partial charge in [-0.15, -0.1) is 0 Å². The summed E-state index contributed by atoms with van der Waals surface area (Å²) in [4.78, 5) is 47.4. The zero-order valence-corrected chi connectivity index (χ0v) is 38.4. The van der Waals surface area contributed by atoms with Gasteiger partial charge in [-0.05, 0) is 155 Å². The number of nitrogens with zero attached hydrogens (tertiary/aromatic N) is 1. The number of allylic oxidation sites excluding steroid dienone is 4. The molecule has 2 N–H and O–H groups in total. The second-order valence-corrected chi connectivity index (χ2v) is 24.8. The van der Waals surface area contributed by atoms with E-state index in [2.05, 4.69) is 69.0 Å². The fourth-order valence-corrected chi connectivity index (χ4v) is 18.7. The van der Waals surface area contributed by atoms with Crippen LogP contribution in [0.15, 0.2) is 78.4 Å². The highest BCUT2D eigenvalue weighted by Crippen LogP contribution is 2.79. The van der Waals surface area contributed by atoms with Crippen LogP contribution in [-0.4, -0.2) is 63.2 Å². The molecule has 9 fully saturated rings. The Bertz CT molecular complexity index is 2350. The minimum atomic E-state index is -1.25. The first-order valence-corrected chi connectivity index (χ1v) is 24.9. The largest absolute Gasteiger partial charge is 0.448 e. The maximum Gasteiger partial charge on any atom is 0.313 e. The molecule has 0 radical (unpaired) electrons. The van der Waals surface area contributed by atoms with Crippen molar-refractivity contribution in [3.63, 3.8) is 0 Å². The Balaban J connectivity index is 0.960. The Labute approximate surface area is 374 Å². The molecule has 11 aliphatic carbocycles. The Morgan fingerprint density at radius 3 is 2.03 bits per heavy atom. The number of carbonyl (C=O) groups is 3. The van der Waals surface area contributed by atoms with Gasteiger partial charge in [0.05, 0.1) is 23.7 Å². The minimum Gasteiger partial charge on any atom is -0.448 e. The van der Waals surface area contributed by atoms with Crippen molar-refractivity contribution >= 4 is 17.7 Å². The number of ketones is 1. The molecule has 334 valence electrons. The summed E-state index contributed by atoms with van der Waals surface area (Å²) in [7, 11) is 0. The van der Waals surface area contributed by atoms with Gasteiger partial charge >= 0.3 is 5.97 Å². The summed E-state index contributed by atoms with van der Waals surface area (Å²) in [6.07, 6.45) is 20.3. The van der Waals surface area contributed by atoms with E-state index in [0.29, 0.717) is 55.5 Å². The predicted octanol–water partition coefficient (Wildman–Crippen LogP) is 10.3. The third-order valence-electron chi connectivity index (χ3n) is 22.1. The fourth-order valence-electron chi connectivity index (χ4n) is 18.7. The lowest BCUT2D eigenvalue weighted by Gasteiger charge is -2.71. The molecule has 1 heterocycles. The van der Waals surface area contributed by atoms with Gasteiger partial charge in [0.1, 0.15) is 0 Å². The number of rotatable bonds is 8. The second-order valence-electron chi connectivity index (χ2n) is 24.8. The molecule has 10 unspecified atom stereocenters. The minimum absolute atomic E-state index is 0.0226. The van der Waals surface area contributed by atoms with Crippen molar-refractivity contribution in [1.29, 1.82) is 0 Å². The molecule has 14 rings (SSSR count). The smallest absolute Gasteiger partial charge is 0.313 e. The first kappa shape index (κ1) is 40.9. The van der Waals surface area contributed by atoms with Gasteiger partial charge in [-0.2, -0.15) is 0 Å². The average Bonchev–Trinajstić information content (AvgIpc) is 3.70. The first-order chi connectivity index (χ1) is 29.9. The molecule has 8 bridgehead atoms. The molecule has 7 heteroatoms. The molecule has 63 heavy (non-hydrogen) atoms. The van der Waals surface area contributed by atoms with Crippen LogP contribution in [0.4, 0.5) is 0 Å². The van der Waals surface area contributed by atoms with Gasteiger partial charge in [-0.1, -0.05) is 101 Å². The SMILES string of the molecule is CC12CCC(C(=O)N(CC34CC5CC(CC(C5)C3)C4)CC3(O)CCC4C56C=CC7(C=C5C(=O)c5ccccc5-c5ccccc5)CC(O)CCC7(C)C6CCC43C)(OC1=O)C2(C)C. The zero-order valence-electron chi connectivity index (χ0n) is 38.4. The summed E-state index contributed by atoms with van der Waals surface area (Å²) in [6, 6.07) is 18.2. The Hall–Kier alpha value is -3.55. The van der Waals surface area contributed by atoms with Gasteiger partial charge in [0, 0.05) is 39.3 Å². The van der Waals surface area contributed by atoms with E-state index in [9.17, 15) is 15.0 Å². The monoisotopic (exact) mass is 852 g/mol. The fraction of sp³-hybridized carbons (Fsp3) is 0.661. The number of esters is 1. The first-order valence-electron chi connectivity index (χ1n) is 24.9. The van der Waals surface area contributed by atoms with E-state index in [1.807, 2.05) is 43.3 Å². The van der Waals surface area contributed by atoms with E-state index in [1.165, 1.54) is 19.3 Å². The quantitative estimate of drug-likeness (QED) is 0.156. The van der Waals surface area contributed by atoms with Crippen LogP contribution in [0.5, 0.6) is 0 Å². The molecule has 2 aromatic rings. The van der Waals surface area contributed by atoms with Crippen molar-refractivity contribution in [2.75, 3.05) is 13.1 Å². The number of benzene rings is 2. The van der Waals surface area contributed by atoms with Crippen molar-refractivity contribution in [1.82, 2.24) is 4.90 Å². The number of ether oxygens (including phenoxy) is 1. The van der Waals surface area contributed by atoms with Gasteiger partial charge in [-0.25, -0.2) is 0 Å². The second kappa shape index (κ2) is 12.9. The molecule has 1 amide bonds. The molecule has 12 aliphatic rings. The molecular formula is C56H69NO6. The van der Waals surface area contributed by atoms with E-state index in [-0.39, 0.29) is 46.9 Å². The standard InChI is InChI=1S/C56H69NO6/c1-48(2)51(5)21-24-56(48,63-47(51)61)46(60)57(33-52-28-35-25-36(29-52)27-37(26-35)30-52)34-54(62)20-17-44-50(54,4)19-16-43-49(3)18-15-39(58)31-53(49)22-23-55(43,44)42(32-53)45(59)41-14-10-9-13-40(41)38-11-7-6-8-12-38/h6-14,22-23,32,35-37,39,43-44,58,62H,15-21,24-31,33-34H2,1-5H3. The zero-order chi connectivity index (χ0) is 43.8. The predicted molar refractivity (Wildman–Crippen MR) is 242 cm³/mol. The number of amides is 1. The topological polar surface area (TPSA) is 104 Å². The maximum atomic E-state index is 15.8. The lowest BCUT2D eigenvalue weighted by atomic mass is 9.32. The lowest BCUT2D eigenvalue weighted by Crippen LogP contribution is -2.68. The summed E-state index contributed by atoms with van der Waals surface area (Å²) in [5.74, 6) is 1.95. The van der Waals surface area contributed by atoms with Crippen LogP contribution in [-0.2, 0) is 14.3 Å². The molecule has 1 aliphatic heterocycles. The molecular weight excluding hydrogens is 783 g/mol. The number of fused-ring (bicyclic) bond motifs is 3. The molecule has 1 saturated heterocycles. The molecule has 7 nitrogen and oxygen atoms in total. The van der Waals surface area contributed by atoms with Gasteiger partial charge < -0.3 is 19.8 Å². The summed E-state index contributed by atoms with van der Waals surface area (Å²) in [5, 5.41) is 25.2. The van der Waals surface area contributed by atoms with Crippen LogP contribution in [0.25, 0.3) is 11.1 Å². The highest BCUT2D eigenvalue weighted by molar-refractivity contribution is 6.14. The number of aliphatic hydroxyl groups is 2. The molecule has 2 aromatic carbocycles. The Morgan fingerprint density at radius 1 is 0.730 bits per heavy atom. The van der Waals surface area contributed by atoms with Crippen molar-refractivity contribution in [3.8, 4) is 11.1 Å². The Kier molecular flexibility index (Phi) is 8.36. The van der Waals surface area contributed by atoms with Crippen LogP contribution in [0.3, 0.4) is 0 Å². The third-order valence-corrected chi connectivity index (χ3v) is 22.1. The number of carbonyl (C=O) groups excluding carboxylic acids is 3. The van der Waals surface area contributed by atoms with Gasteiger partial charge in [0.15, 0.2) is 11.4 Å². The van der Waals surface area contributed by atoms with E-state index in [4.69, 9.17) is 4.74 Å². The number of hydrogen-bond acceptors (Lipinski definition) is 6. The normalized spacial score (nSPS) is 47.7. The lowest BCUT2D eigenvalue weighted by molar-refractivity contribution is -0.191. The number of hydrogen-bond donors (Lipinski definition) is 2. The Morgan fingerprint density at radius 2 is 1.37 bits per heavy atom. The maximum absolute atomic E-state index is 15.8. The van der Waals surface area contributed by atoms with Crippen LogP contribution >= 0.6 is 0 Å². The molecule has 2 spiro atoms. The molecule has 10 atom stereocenters. The summed E-state index contributed by atoms with van der Waals surface area (Å²) >= 11 is 0. The average molecular weight is 852 g/mol. The molecule has 8 saturated carbocycles. The van der Waals surface area contributed by atoms with Gasteiger partial charge in [0.2, 0.25) is 0 Å². The van der Waals surface area contributed by atoms with Gasteiger partial charge in [-0.3, -0.25) is 14.4 Å². The van der Waals surface area contributed by atoms with E-state index in [0.717, 1.165) is 68.1 Å².